The number of nitrogens with zero attached hydrogens (tertiary/aromatic N) is 5. The standard InChI is InChI=1S/C19H25ClN6O.ClH/c1-2-16(18(27)25-11-8-19(9-12-25)7-10-21-13-19)26-23-17(22-24-26)14-3-5-15(20)6-4-14;/h3-6,16,21H,2,7-13H2,1H3;1H. The molecule has 4 rings (SSSR count). The normalized spacial score (nSPS) is 19.4. The monoisotopic (exact) mass is 424 g/mol. The Morgan fingerprint density at radius 1 is 1.25 bits per heavy atom. The zero-order valence-electron chi connectivity index (χ0n) is 16.0. The van der Waals surface area contributed by atoms with Gasteiger partial charge in [0.05, 0.1) is 0 Å². The van der Waals surface area contributed by atoms with Crippen molar-refractivity contribution in [3.63, 3.8) is 0 Å². The number of halogens is 2. The first kappa shape index (κ1) is 21.0. The summed E-state index contributed by atoms with van der Waals surface area (Å²) in [6, 6.07) is 6.88. The minimum atomic E-state index is -0.408. The molecule has 1 aromatic heterocycles. The summed E-state index contributed by atoms with van der Waals surface area (Å²) in [5.41, 5.74) is 1.23. The summed E-state index contributed by atoms with van der Waals surface area (Å²) in [4.78, 5) is 16.5. The second-order valence-corrected chi connectivity index (χ2v) is 8.05. The summed E-state index contributed by atoms with van der Waals surface area (Å²) in [5.74, 6) is 0.603. The number of hydrogen-bond donors (Lipinski definition) is 1. The number of hydrogen-bond acceptors (Lipinski definition) is 5. The van der Waals surface area contributed by atoms with Gasteiger partial charge in [-0.25, -0.2) is 0 Å². The average molecular weight is 425 g/mol. The van der Waals surface area contributed by atoms with E-state index in [2.05, 4.69) is 20.7 Å². The predicted octanol–water partition coefficient (Wildman–Crippen LogP) is 2.97. The Morgan fingerprint density at radius 3 is 2.57 bits per heavy atom. The van der Waals surface area contributed by atoms with Crippen molar-refractivity contribution >= 4 is 29.9 Å². The number of benzene rings is 1. The molecule has 2 aliphatic rings. The summed E-state index contributed by atoms with van der Waals surface area (Å²) in [6.07, 6.45) is 4.01. The lowest BCUT2D eigenvalue weighted by Gasteiger charge is -2.39. The molecule has 9 heteroatoms. The molecule has 1 aromatic carbocycles. The smallest absolute Gasteiger partial charge is 0.249 e. The van der Waals surface area contributed by atoms with Crippen LogP contribution in [0.25, 0.3) is 11.4 Å². The summed E-state index contributed by atoms with van der Waals surface area (Å²) in [5, 5.41) is 16.9. The first-order chi connectivity index (χ1) is 13.1. The van der Waals surface area contributed by atoms with Gasteiger partial charge >= 0.3 is 0 Å². The van der Waals surface area contributed by atoms with Gasteiger partial charge in [0.2, 0.25) is 11.7 Å². The van der Waals surface area contributed by atoms with E-state index in [1.54, 1.807) is 12.1 Å². The van der Waals surface area contributed by atoms with Crippen molar-refractivity contribution in [2.45, 2.75) is 38.6 Å². The van der Waals surface area contributed by atoms with Gasteiger partial charge < -0.3 is 10.2 Å². The number of rotatable bonds is 4. The molecule has 1 N–H and O–H groups in total. The van der Waals surface area contributed by atoms with Crippen molar-refractivity contribution in [1.82, 2.24) is 30.4 Å². The van der Waals surface area contributed by atoms with Gasteiger partial charge in [-0.05, 0) is 67.1 Å². The number of carbonyl (C=O) groups excluding carboxylic acids is 1. The van der Waals surface area contributed by atoms with Gasteiger partial charge in [0, 0.05) is 30.2 Å². The fraction of sp³-hybridized carbons (Fsp3) is 0.579. The maximum Gasteiger partial charge on any atom is 0.249 e. The van der Waals surface area contributed by atoms with E-state index in [9.17, 15) is 4.79 Å². The van der Waals surface area contributed by atoms with E-state index in [1.807, 2.05) is 24.0 Å². The first-order valence-corrected chi connectivity index (χ1v) is 10.0. The van der Waals surface area contributed by atoms with Gasteiger partial charge in [0.1, 0.15) is 0 Å². The Bertz CT molecular complexity index is 793. The Kier molecular flexibility index (Phi) is 6.58. The number of carbonyl (C=O) groups is 1. The van der Waals surface area contributed by atoms with Crippen LogP contribution < -0.4 is 5.32 Å². The number of tetrazole rings is 1. The third kappa shape index (κ3) is 4.16. The molecule has 0 bridgehead atoms. The molecule has 2 aliphatic heterocycles. The predicted molar refractivity (Wildman–Crippen MR) is 111 cm³/mol. The molecule has 152 valence electrons. The van der Waals surface area contributed by atoms with Crippen molar-refractivity contribution < 1.29 is 4.79 Å². The maximum atomic E-state index is 13.1. The van der Waals surface area contributed by atoms with Gasteiger partial charge in [-0.2, -0.15) is 4.80 Å². The molecule has 7 nitrogen and oxygen atoms in total. The van der Waals surface area contributed by atoms with Crippen LogP contribution in [-0.4, -0.2) is 57.2 Å². The highest BCUT2D eigenvalue weighted by molar-refractivity contribution is 6.30. The molecule has 1 unspecified atom stereocenters. The zero-order chi connectivity index (χ0) is 18.9. The van der Waals surface area contributed by atoms with Crippen molar-refractivity contribution in [3.05, 3.63) is 29.3 Å². The number of likely N-dealkylation sites (tertiary alicyclic amines) is 1. The van der Waals surface area contributed by atoms with Crippen LogP contribution in [0.3, 0.4) is 0 Å². The Morgan fingerprint density at radius 2 is 1.96 bits per heavy atom. The van der Waals surface area contributed by atoms with Crippen molar-refractivity contribution in [2.75, 3.05) is 26.2 Å². The summed E-state index contributed by atoms with van der Waals surface area (Å²) >= 11 is 5.93. The van der Waals surface area contributed by atoms with Crippen LogP contribution >= 0.6 is 24.0 Å². The summed E-state index contributed by atoms with van der Waals surface area (Å²) < 4.78 is 0. The molecular formula is C19H26Cl2N6O. The molecule has 1 amide bonds. The molecule has 2 aromatic rings. The number of aromatic nitrogens is 4. The molecule has 3 heterocycles. The van der Waals surface area contributed by atoms with Crippen LogP contribution in [0, 0.1) is 5.41 Å². The van der Waals surface area contributed by atoms with Gasteiger partial charge in [-0.1, -0.05) is 18.5 Å². The van der Waals surface area contributed by atoms with E-state index >= 15 is 0 Å². The van der Waals surface area contributed by atoms with E-state index in [4.69, 9.17) is 11.6 Å². The van der Waals surface area contributed by atoms with Crippen LogP contribution in [0.2, 0.25) is 5.02 Å². The largest absolute Gasteiger partial charge is 0.341 e. The average Bonchev–Trinajstić information content (AvgIpc) is 3.34. The fourth-order valence-corrected chi connectivity index (χ4v) is 4.27. The zero-order valence-corrected chi connectivity index (χ0v) is 17.5. The minimum absolute atomic E-state index is 0. The molecule has 0 aliphatic carbocycles. The molecule has 0 saturated carbocycles. The molecule has 2 saturated heterocycles. The van der Waals surface area contributed by atoms with Gasteiger partial charge in [-0.15, -0.1) is 22.6 Å². The molecule has 1 spiro atoms. The Balaban J connectivity index is 0.00000225. The Labute approximate surface area is 176 Å². The quantitative estimate of drug-likeness (QED) is 0.815. The van der Waals surface area contributed by atoms with E-state index in [0.29, 0.717) is 22.7 Å². The van der Waals surface area contributed by atoms with Crippen LogP contribution in [0.1, 0.15) is 38.6 Å². The number of piperidine rings is 1. The Hall–Kier alpha value is -1.70. The highest BCUT2D eigenvalue weighted by atomic mass is 35.5. The summed E-state index contributed by atoms with van der Waals surface area (Å²) in [7, 11) is 0. The third-order valence-corrected chi connectivity index (χ3v) is 6.20. The van der Waals surface area contributed by atoms with Crippen LogP contribution in [0.4, 0.5) is 0 Å². The maximum absolute atomic E-state index is 13.1. The van der Waals surface area contributed by atoms with Crippen LogP contribution in [-0.2, 0) is 4.79 Å². The highest BCUT2D eigenvalue weighted by Gasteiger charge is 2.39. The first-order valence-electron chi connectivity index (χ1n) is 9.65. The number of amides is 1. The summed E-state index contributed by atoms with van der Waals surface area (Å²) in [6.45, 7) is 5.80. The van der Waals surface area contributed by atoms with Crippen molar-refractivity contribution in [3.8, 4) is 11.4 Å². The SMILES string of the molecule is CCC(C(=O)N1CCC2(CCNC2)CC1)n1nnc(-c2ccc(Cl)cc2)n1.Cl. The second-order valence-electron chi connectivity index (χ2n) is 7.62. The molecule has 2 fully saturated rings. The van der Waals surface area contributed by atoms with Gasteiger partial charge in [-0.3, -0.25) is 4.79 Å². The lowest BCUT2D eigenvalue weighted by Crippen LogP contribution is -2.46. The molecular weight excluding hydrogens is 399 g/mol. The third-order valence-electron chi connectivity index (χ3n) is 5.95. The van der Waals surface area contributed by atoms with E-state index in [-0.39, 0.29) is 18.3 Å². The van der Waals surface area contributed by atoms with E-state index < -0.39 is 6.04 Å². The molecule has 28 heavy (non-hydrogen) atoms. The molecule has 0 radical (unpaired) electrons. The second kappa shape index (κ2) is 8.76. The van der Waals surface area contributed by atoms with E-state index in [0.717, 1.165) is 44.6 Å². The minimum Gasteiger partial charge on any atom is -0.341 e. The van der Waals surface area contributed by atoms with E-state index in [1.165, 1.54) is 11.2 Å². The lowest BCUT2D eigenvalue weighted by molar-refractivity contribution is -0.137. The van der Waals surface area contributed by atoms with Gasteiger partial charge in [0.25, 0.3) is 0 Å². The number of nitrogens with one attached hydrogen (secondary N) is 1. The molecule has 1 atom stereocenters. The van der Waals surface area contributed by atoms with Gasteiger partial charge in [0.15, 0.2) is 6.04 Å². The highest BCUT2D eigenvalue weighted by Crippen LogP contribution is 2.37. The van der Waals surface area contributed by atoms with Crippen molar-refractivity contribution in [1.29, 1.82) is 0 Å². The van der Waals surface area contributed by atoms with Crippen LogP contribution in [0.15, 0.2) is 24.3 Å². The fourth-order valence-electron chi connectivity index (χ4n) is 4.14. The van der Waals surface area contributed by atoms with Crippen LogP contribution in [0.5, 0.6) is 0 Å². The van der Waals surface area contributed by atoms with Crippen molar-refractivity contribution in [2.24, 2.45) is 5.41 Å². The topological polar surface area (TPSA) is 75.9 Å². The lowest BCUT2D eigenvalue weighted by atomic mass is 9.77.